The van der Waals surface area contributed by atoms with Gasteiger partial charge < -0.3 is 25.4 Å². The molecule has 0 radical (unpaired) electrons. The molecule has 1 aromatic heterocycles. The smallest absolute Gasteiger partial charge is 0.407 e. The van der Waals surface area contributed by atoms with Crippen molar-refractivity contribution in [3.05, 3.63) is 65.3 Å². The van der Waals surface area contributed by atoms with Crippen molar-refractivity contribution < 1.29 is 14.3 Å². The van der Waals surface area contributed by atoms with Crippen molar-refractivity contribution in [1.82, 2.24) is 15.3 Å². The van der Waals surface area contributed by atoms with Gasteiger partial charge in [0.15, 0.2) is 5.82 Å². The van der Waals surface area contributed by atoms with Gasteiger partial charge in [0.1, 0.15) is 17.2 Å². The van der Waals surface area contributed by atoms with Crippen LogP contribution in [0.5, 0.6) is 5.88 Å². The van der Waals surface area contributed by atoms with Crippen molar-refractivity contribution in [3.63, 3.8) is 0 Å². The Morgan fingerprint density at radius 1 is 1.15 bits per heavy atom. The number of nitrogens with zero attached hydrogens (tertiary/aromatic N) is 3. The molecule has 0 aliphatic carbocycles. The van der Waals surface area contributed by atoms with Crippen LogP contribution in [0, 0.1) is 5.41 Å². The first-order chi connectivity index (χ1) is 18.5. The van der Waals surface area contributed by atoms with Crippen LogP contribution in [0.3, 0.4) is 0 Å². The number of nitrogens with one attached hydrogen (secondary N) is 1. The lowest BCUT2D eigenvalue weighted by Gasteiger charge is -2.40. The molecule has 1 amide bonds. The lowest BCUT2D eigenvalue weighted by atomic mass is 9.80. The Labute approximate surface area is 239 Å². The summed E-state index contributed by atoms with van der Waals surface area (Å²) in [7, 11) is 0. The minimum Gasteiger partial charge on any atom is -0.470 e. The van der Waals surface area contributed by atoms with Crippen LogP contribution in [-0.2, 0) is 11.3 Å². The quantitative estimate of drug-likeness (QED) is 0.293. The van der Waals surface area contributed by atoms with E-state index in [1.807, 2.05) is 63.2 Å². The Kier molecular flexibility index (Phi) is 9.12. The minimum atomic E-state index is -0.522. The molecule has 0 saturated carbocycles. The number of amides is 1. The third kappa shape index (κ3) is 8.16. The Morgan fingerprint density at radius 2 is 1.87 bits per heavy atom. The molecule has 39 heavy (non-hydrogen) atoms. The van der Waals surface area contributed by atoms with Gasteiger partial charge in [-0.25, -0.2) is 14.8 Å². The molecule has 0 bridgehead atoms. The topological polar surface area (TPSA) is 103 Å². The van der Waals surface area contributed by atoms with E-state index in [4.69, 9.17) is 36.8 Å². The monoisotopic (exact) mass is 569 g/mol. The van der Waals surface area contributed by atoms with Crippen LogP contribution in [0.25, 0.3) is 0 Å². The first kappa shape index (κ1) is 28.8. The van der Waals surface area contributed by atoms with Crippen LogP contribution in [0.1, 0.15) is 46.1 Å². The summed E-state index contributed by atoms with van der Waals surface area (Å²) in [4.78, 5) is 24.8. The Hall–Kier alpha value is -3.17. The molecule has 0 unspecified atom stereocenters. The first-order valence-electron chi connectivity index (χ1n) is 13.0. The van der Waals surface area contributed by atoms with E-state index in [0.717, 1.165) is 36.4 Å². The number of benzene rings is 2. The summed E-state index contributed by atoms with van der Waals surface area (Å²) >= 11 is 7.81. The highest BCUT2D eigenvalue weighted by Gasteiger charge is 2.33. The maximum absolute atomic E-state index is 12.2. The number of nitrogens with two attached hydrogens (primary N) is 1. The van der Waals surface area contributed by atoms with E-state index >= 15 is 0 Å². The van der Waals surface area contributed by atoms with Crippen LogP contribution < -0.4 is 20.7 Å². The van der Waals surface area contributed by atoms with E-state index in [0.29, 0.717) is 40.6 Å². The van der Waals surface area contributed by atoms with Crippen molar-refractivity contribution >= 4 is 41.0 Å². The van der Waals surface area contributed by atoms with E-state index in [-0.39, 0.29) is 11.5 Å². The van der Waals surface area contributed by atoms with E-state index in [2.05, 4.69) is 17.1 Å². The largest absolute Gasteiger partial charge is 0.470 e. The number of halogens is 1. The number of alkyl carbamates (subject to hydrolysis) is 1. The average Bonchev–Trinajstić information content (AvgIpc) is 2.89. The second-order valence-corrected chi connectivity index (χ2v) is 12.5. The van der Waals surface area contributed by atoms with Crippen LogP contribution in [-0.4, -0.2) is 41.3 Å². The van der Waals surface area contributed by atoms with E-state index < -0.39 is 5.60 Å². The molecule has 10 heteroatoms. The molecule has 208 valence electrons. The fourth-order valence-electron chi connectivity index (χ4n) is 4.19. The highest BCUT2D eigenvalue weighted by molar-refractivity contribution is 7.99. The third-order valence-electron chi connectivity index (χ3n) is 6.45. The molecule has 2 aromatic carbocycles. The molecule has 1 saturated heterocycles. The zero-order valence-electron chi connectivity index (χ0n) is 22.9. The molecule has 3 aromatic rings. The molecule has 2 heterocycles. The average molecular weight is 570 g/mol. The number of carbonyl (C=O) groups excluding carboxylic acids is 1. The number of nitrogen functional groups attached to an aromatic ring is 1. The van der Waals surface area contributed by atoms with Crippen molar-refractivity contribution in [2.75, 3.05) is 30.3 Å². The molecular formula is C29H36ClN5O3S. The molecule has 0 spiro atoms. The van der Waals surface area contributed by atoms with Crippen LogP contribution in [0.4, 0.5) is 16.3 Å². The minimum absolute atomic E-state index is 0.0499. The fraction of sp³-hybridized carbons (Fsp3) is 0.414. The molecule has 4 rings (SSSR count). The number of aromatic nitrogens is 2. The number of rotatable bonds is 8. The summed E-state index contributed by atoms with van der Waals surface area (Å²) in [6.07, 6.45) is 3.10. The molecule has 1 aliphatic rings. The zero-order valence-corrected chi connectivity index (χ0v) is 24.4. The number of hydrogen-bond acceptors (Lipinski definition) is 8. The number of piperidine rings is 1. The number of ether oxygens (including phenoxy) is 2. The van der Waals surface area contributed by atoms with Crippen molar-refractivity contribution in [2.45, 2.75) is 62.7 Å². The van der Waals surface area contributed by atoms with E-state index in [1.165, 1.54) is 11.8 Å². The van der Waals surface area contributed by atoms with Crippen molar-refractivity contribution in [3.8, 4) is 5.88 Å². The van der Waals surface area contributed by atoms with Crippen LogP contribution in [0.15, 0.2) is 64.6 Å². The van der Waals surface area contributed by atoms with Gasteiger partial charge in [-0.1, -0.05) is 66.7 Å². The summed E-state index contributed by atoms with van der Waals surface area (Å²) in [5, 5.41) is 4.10. The van der Waals surface area contributed by atoms with Gasteiger partial charge in [-0.3, -0.25) is 0 Å². The summed E-state index contributed by atoms with van der Waals surface area (Å²) in [6.45, 7) is 10.2. The van der Waals surface area contributed by atoms with Crippen LogP contribution in [0.2, 0.25) is 5.02 Å². The lowest BCUT2D eigenvalue weighted by molar-refractivity contribution is 0.0495. The highest BCUT2D eigenvalue weighted by atomic mass is 35.5. The lowest BCUT2D eigenvalue weighted by Crippen LogP contribution is -2.46. The second-order valence-electron chi connectivity index (χ2n) is 11.0. The molecular weight excluding hydrogens is 534 g/mol. The Bertz CT molecular complexity index is 1280. The maximum Gasteiger partial charge on any atom is 0.407 e. The first-order valence-corrected chi connectivity index (χ1v) is 14.2. The molecule has 8 nitrogen and oxygen atoms in total. The third-order valence-corrected chi connectivity index (χ3v) is 7.95. The number of anilines is 2. The maximum atomic E-state index is 12.2. The SMILES string of the molecule is CC1(CNC(=O)OC(C)(C)C)CCN(c2ncc(Sc3cccc(N)c3Cl)nc2OCc2ccccc2)CC1. The molecule has 3 N–H and O–H groups in total. The number of carbonyl (C=O) groups is 1. The van der Waals surface area contributed by atoms with Gasteiger partial charge in [0.25, 0.3) is 5.88 Å². The van der Waals surface area contributed by atoms with Crippen molar-refractivity contribution in [1.29, 1.82) is 0 Å². The van der Waals surface area contributed by atoms with Gasteiger partial charge in [-0.2, -0.15) is 0 Å². The van der Waals surface area contributed by atoms with Crippen molar-refractivity contribution in [2.24, 2.45) is 5.41 Å². The van der Waals surface area contributed by atoms with E-state index in [9.17, 15) is 4.79 Å². The van der Waals surface area contributed by atoms with Gasteiger partial charge in [0.05, 0.1) is 16.9 Å². The van der Waals surface area contributed by atoms with Gasteiger partial charge >= 0.3 is 6.09 Å². The number of hydrogen-bond donors (Lipinski definition) is 2. The normalized spacial score (nSPS) is 15.1. The Morgan fingerprint density at radius 3 is 2.56 bits per heavy atom. The van der Waals surface area contributed by atoms with Gasteiger partial charge in [-0.05, 0) is 56.7 Å². The zero-order chi connectivity index (χ0) is 28.0. The summed E-state index contributed by atoms with van der Waals surface area (Å²) in [5.41, 5.74) is 6.97. The van der Waals surface area contributed by atoms with Gasteiger partial charge in [0, 0.05) is 24.5 Å². The fourth-order valence-corrected chi connectivity index (χ4v) is 5.25. The van der Waals surface area contributed by atoms with Gasteiger partial charge in [0.2, 0.25) is 0 Å². The summed E-state index contributed by atoms with van der Waals surface area (Å²) in [6, 6.07) is 15.5. The summed E-state index contributed by atoms with van der Waals surface area (Å²) < 4.78 is 11.6. The van der Waals surface area contributed by atoms with Crippen LogP contribution >= 0.6 is 23.4 Å². The standard InChI is InChI=1S/C29H36ClN5O3S/c1-28(2,3)38-27(36)33-19-29(4)13-15-35(16-14-29)25-26(37-18-20-9-6-5-7-10-20)34-23(17-32-25)39-22-12-8-11-21(31)24(22)30/h5-12,17H,13-16,18-19,31H2,1-4H3,(H,33,36). The Balaban J connectivity index is 1.48. The van der Waals surface area contributed by atoms with Gasteiger partial charge in [-0.15, -0.1) is 0 Å². The highest BCUT2D eigenvalue weighted by Crippen LogP contribution is 2.39. The predicted octanol–water partition coefficient (Wildman–Crippen LogP) is 6.57. The van der Waals surface area contributed by atoms with E-state index in [1.54, 1.807) is 12.3 Å². The second kappa shape index (κ2) is 12.3. The molecule has 1 fully saturated rings. The molecule has 0 atom stereocenters. The predicted molar refractivity (Wildman–Crippen MR) is 157 cm³/mol. The summed E-state index contributed by atoms with van der Waals surface area (Å²) in [5.74, 6) is 1.18. The molecule has 1 aliphatic heterocycles.